The summed E-state index contributed by atoms with van der Waals surface area (Å²) in [6, 6.07) is 0. The van der Waals surface area contributed by atoms with E-state index in [1.807, 2.05) is 0 Å². The maximum Gasteiger partial charge on any atom is 0.139 e. The molecule has 0 spiro atoms. The Hall–Kier alpha value is -0.370. The monoisotopic (exact) mass is 223 g/mol. The zero-order chi connectivity index (χ0) is 11.4. The van der Waals surface area contributed by atoms with Crippen molar-refractivity contribution >= 4 is 5.78 Å². The molecule has 2 atom stereocenters. The van der Waals surface area contributed by atoms with Crippen molar-refractivity contribution in [2.24, 2.45) is 17.8 Å². The third kappa shape index (κ3) is 2.85. The van der Waals surface area contributed by atoms with E-state index in [-0.39, 0.29) is 0 Å². The Bertz CT molecular complexity index is 233. The molecule has 1 aliphatic heterocycles. The van der Waals surface area contributed by atoms with Crippen molar-refractivity contribution in [2.75, 3.05) is 13.1 Å². The second-order valence-corrected chi connectivity index (χ2v) is 5.67. The number of rotatable bonds is 2. The maximum absolute atomic E-state index is 12.4. The first-order valence-electron chi connectivity index (χ1n) is 7.03. The van der Waals surface area contributed by atoms with Gasteiger partial charge in [-0.2, -0.15) is 0 Å². The molecule has 0 aromatic rings. The molecule has 92 valence electrons. The fourth-order valence-corrected chi connectivity index (χ4v) is 3.31. The Morgan fingerprint density at radius 1 is 1.06 bits per heavy atom. The average Bonchev–Trinajstić information content (AvgIpc) is 2.76. The molecule has 2 nitrogen and oxygen atoms in total. The van der Waals surface area contributed by atoms with Gasteiger partial charge in [0.1, 0.15) is 5.78 Å². The SMILES string of the molecule is C[C@H]1CNCCCCC1C(=O)C1CCCC1. The highest BCUT2D eigenvalue weighted by Gasteiger charge is 2.32. The standard InChI is InChI=1S/C14H25NO/c1-11-10-15-9-5-4-8-13(11)14(16)12-6-2-3-7-12/h11-13,15H,2-10H2,1H3/t11-,13?/m0/s1. The molecule has 16 heavy (non-hydrogen) atoms. The molecule has 1 heterocycles. The first-order chi connectivity index (χ1) is 7.79. The van der Waals surface area contributed by atoms with Crippen molar-refractivity contribution in [2.45, 2.75) is 51.9 Å². The van der Waals surface area contributed by atoms with E-state index in [4.69, 9.17) is 0 Å². The van der Waals surface area contributed by atoms with Crippen molar-refractivity contribution in [1.29, 1.82) is 0 Å². The van der Waals surface area contributed by atoms with Gasteiger partial charge in [-0.25, -0.2) is 0 Å². The molecule has 2 aliphatic rings. The Morgan fingerprint density at radius 3 is 2.50 bits per heavy atom. The number of ketones is 1. The van der Waals surface area contributed by atoms with Gasteiger partial charge in [0.15, 0.2) is 0 Å². The van der Waals surface area contributed by atoms with Gasteiger partial charge in [0.25, 0.3) is 0 Å². The topological polar surface area (TPSA) is 29.1 Å². The lowest BCUT2D eigenvalue weighted by atomic mass is 9.79. The van der Waals surface area contributed by atoms with Crippen LogP contribution >= 0.6 is 0 Å². The van der Waals surface area contributed by atoms with E-state index in [1.165, 1.54) is 25.7 Å². The first-order valence-corrected chi connectivity index (χ1v) is 7.03. The fourth-order valence-electron chi connectivity index (χ4n) is 3.31. The predicted molar refractivity (Wildman–Crippen MR) is 66.3 cm³/mol. The molecular formula is C14H25NO. The Labute approximate surface area is 99.2 Å². The summed E-state index contributed by atoms with van der Waals surface area (Å²) in [6.45, 7) is 4.41. The molecule has 0 aromatic carbocycles. The Morgan fingerprint density at radius 2 is 1.75 bits per heavy atom. The van der Waals surface area contributed by atoms with Crippen LogP contribution < -0.4 is 5.32 Å². The molecule has 1 unspecified atom stereocenters. The van der Waals surface area contributed by atoms with Gasteiger partial charge in [0.2, 0.25) is 0 Å². The predicted octanol–water partition coefficient (Wildman–Crippen LogP) is 2.77. The number of nitrogens with one attached hydrogen (secondary N) is 1. The van der Waals surface area contributed by atoms with Crippen LogP contribution in [0.5, 0.6) is 0 Å². The summed E-state index contributed by atoms with van der Waals surface area (Å²) < 4.78 is 0. The van der Waals surface area contributed by atoms with Crippen molar-refractivity contribution < 1.29 is 4.79 Å². The minimum Gasteiger partial charge on any atom is -0.316 e. The van der Waals surface area contributed by atoms with Crippen LogP contribution in [0.15, 0.2) is 0 Å². The molecular weight excluding hydrogens is 198 g/mol. The van der Waals surface area contributed by atoms with Gasteiger partial charge in [-0.05, 0) is 44.7 Å². The molecule has 0 bridgehead atoms. The molecule has 0 radical (unpaired) electrons. The molecule has 1 saturated carbocycles. The third-order valence-corrected chi connectivity index (χ3v) is 4.39. The van der Waals surface area contributed by atoms with Gasteiger partial charge in [0, 0.05) is 11.8 Å². The minimum absolute atomic E-state index is 0.343. The summed E-state index contributed by atoms with van der Waals surface area (Å²) in [4.78, 5) is 12.4. The largest absolute Gasteiger partial charge is 0.316 e. The maximum atomic E-state index is 12.4. The van der Waals surface area contributed by atoms with Gasteiger partial charge < -0.3 is 5.32 Å². The van der Waals surface area contributed by atoms with E-state index >= 15 is 0 Å². The van der Waals surface area contributed by atoms with E-state index in [1.54, 1.807) is 0 Å². The van der Waals surface area contributed by atoms with Gasteiger partial charge >= 0.3 is 0 Å². The first kappa shape index (κ1) is 12.1. The van der Waals surface area contributed by atoms with Crippen LogP contribution in [-0.2, 0) is 4.79 Å². The summed E-state index contributed by atoms with van der Waals surface area (Å²) in [5.41, 5.74) is 0. The van der Waals surface area contributed by atoms with Crippen LogP contribution in [0.2, 0.25) is 0 Å². The molecule has 0 aromatic heterocycles. The van der Waals surface area contributed by atoms with Gasteiger partial charge in [0.05, 0.1) is 0 Å². The summed E-state index contributed by atoms with van der Waals surface area (Å²) in [5, 5.41) is 3.46. The lowest BCUT2D eigenvalue weighted by molar-refractivity contribution is -0.128. The minimum atomic E-state index is 0.343. The Kier molecular flexibility index (Phi) is 4.39. The highest BCUT2D eigenvalue weighted by molar-refractivity contribution is 5.83. The van der Waals surface area contributed by atoms with E-state index < -0.39 is 0 Å². The molecule has 1 N–H and O–H groups in total. The quantitative estimate of drug-likeness (QED) is 0.780. The van der Waals surface area contributed by atoms with E-state index in [0.717, 1.165) is 32.4 Å². The third-order valence-electron chi connectivity index (χ3n) is 4.39. The number of Topliss-reactive ketones (excluding diaryl/α,β-unsaturated/α-hetero) is 1. The van der Waals surface area contributed by atoms with E-state index in [9.17, 15) is 4.79 Å². The van der Waals surface area contributed by atoms with Gasteiger partial charge in [-0.15, -0.1) is 0 Å². The van der Waals surface area contributed by atoms with Crippen molar-refractivity contribution in [3.05, 3.63) is 0 Å². The second-order valence-electron chi connectivity index (χ2n) is 5.67. The van der Waals surface area contributed by atoms with Crippen LogP contribution in [0.25, 0.3) is 0 Å². The zero-order valence-corrected chi connectivity index (χ0v) is 10.5. The smallest absolute Gasteiger partial charge is 0.139 e. The summed E-state index contributed by atoms with van der Waals surface area (Å²) in [5.74, 6) is 1.88. The Balaban J connectivity index is 1.95. The highest BCUT2D eigenvalue weighted by Crippen LogP contribution is 2.32. The molecule has 2 fully saturated rings. The van der Waals surface area contributed by atoms with Crippen molar-refractivity contribution in [3.63, 3.8) is 0 Å². The van der Waals surface area contributed by atoms with Crippen LogP contribution in [0.3, 0.4) is 0 Å². The number of carbonyl (C=O) groups is 1. The van der Waals surface area contributed by atoms with Gasteiger partial charge in [-0.3, -0.25) is 4.79 Å². The van der Waals surface area contributed by atoms with E-state index in [2.05, 4.69) is 12.2 Å². The zero-order valence-electron chi connectivity index (χ0n) is 10.5. The normalized spacial score (nSPS) is 33.3. The molecule has 0 amide bonds. The molecule has 2 heteroatoms. The van der Waals surface area contributed by atoms with E-state index in [0.29, 0.717) is 23.5 Å². The van der Waals surface area contributed by atoms with Crippen molar-refractivity contribution in [1.82, 2.24) is 5.32 Å². The number of carbonyl (C=O) groups excluding carboxylic acids is 1. The summed E-state index contributed by atoms with van der Waals surface area (Å²) in [7, 11) is 0. The molecule has 2 rings (SSSR count). The van der Waals surface area contributed by atoms with Crippen LogP contribution in [-0.4, -0.2) is 18.9 Å². The number of hydrogen-bond acceptors (Lipinski definition) is 2. The lowest BCUT2D eigenvalue weighted by Gasteiger charge is -2.27. The van der Waals surface area contributed by atoms with Crippen LogP contribution in [0, 0.1) is 17.8 Å². The lowest BCUT2D eigenvalue weighted by Crippen LogP contribution is -2.35. The second kappa shape index (κ2) is 5.81. The van der Waals surface area contributed by atoms with Crippen LogP contribution in [0.4, 0.5) is 0 Å². The highest BCUT2D eigenvalue weighted by atomic mass is 16.1. The fraction of sp³-hybridized carbons (Fsp3) is 0.929. The van der Waals surface area contributed by atoms with Gasteiger partial charge in [-0.1, -0.05) is 26.2 Å². The summed E-state index contributed by atoms with van der Waals surface area (Å²) >= 11 is 0. The van der Waals surface area contributed by atoms with Crippen LogP contribution in [0.1, 0.15) is 51.9 Å². The molecule has 1 aliphatic carbocycles. The molecule has 1 saturated heterocycles. The summed E-state index contributed by atoms with van der Waals surface area (Å²) in [6.07, 6.45) is 8.47. The number of hydrogen-bond donors (Lipinski definition) is 1. The van der Waals surface area contributed by atoms with Crippen molar-refractivity contribution in [3.8, 4) is 0 Å². The average molecular weight is 223 g/mol.